The zero-order valence-electron chi connectivity index (χ0n) is 16.1. The molecule has 1 heterocycles. The van der Waals surface area contributed by atoms with Gasteiger partial charge in [0.2, 0.25) is 0 Å². The molecule has 0 aliphatic rings. The van der Waals surface area contributed by atoms with Crippen LogP contribution in [-0.4, -0.2) is 39.1 Å². The van der Waals surface area contributed by atoms with Crippen LogP contribution in [0.1, 0.15) is 53.5 Å². The van der Waals surface area contributed by atoms with Crippen molar-refractivity contribution < 1.29 is 19.1 Å². The number of aryl methyl sites for hydroxylation is 2. The van der Waals surface area contributed by atoms with Crippen LogP contribution in [0.5, 0.6) is 0 Å². The number of alkyl carbamates (subject to hydrolysis) is 1. The second kappa shape index (κ2) is 7.76. The minimum atomic E-state index is -0.909. The van der Waals surface area contributed by atoms with E-state index in [1.165, 1.54) is 0 Å². The van der Waals surface area contributed by atoms with E-state index >= 15 is 0 Å². The Labute approximate surface area is 147 Å². The van der Waals surface area contributed by atoms with Gasteiger partial charge in [-0.3, -0.25) is 14.6 Å². The molecule has 0 aliphatic carbocycles. The molecule has 0 bridgehead atoms. The van der Waals surface area contributed by atoms with E-state index in [4.69, 9.17) is 9.47 Å². The third-order valence-electron chi connectivity index (χ3n) is 3.00. The molecule has 0 radical (unpaired) electrons. The van der Waals surface area contributed by atoms with Crippen molar-refractivity contribution in [1.29, 1.82) is 0 Å². The monoisotopic (exact) mass is 355 g/mol. The smallest absolute Gasteiger partial charge is 0.408 e. The first-order valence-corrected chi connectivity index (χ1v) is 8.24. The molecule has 1 rings (SSSR count). The summed E-state index contributed by atoms with van der Waals surface area (Å²) in [5.74, 6) is -0.564. The topological polar surface area (TPSA) is 102 Å². The van der Waals surface area contributed by atoms with Gasteiger partial charge in [0, 0.05) is 18.8 Å². The van der Waals surface area contributed by atoms with Gasteiger partial charge in [0.25, 0.3) is 5.56 Å². The van der Waals surface area contributed by atoms with Gasteiger partial charge in [0.15, 0.2) is 0 Å². The van der Waals surface area contributed by atoms with Crippen molar-refractivity contribution in [3.05, 3.63) is 22.1 Å². The lowest BCUT2D eigenvalue weighted by Crippen LogP contribution is -2.46. The molecule has 2 N–H and O–H groups in total. The quantitative estimate of drug-likeness (QED) is 0.785. The fourth-order valence-corrected chi connectivity index (χ4v) is 2.11. The van der Waals surface area contributed by atoms with Gasteiger partial charge >= 0.3 is 12.1 Å². The molecular weight excluding hydrogens is 326 g/mol. The van der Waals surface area contributed by atoms with Crippen LogP contribution in [0, 0.1) is 0 Å². The summed E-state index contributed by atoms with van der Waals surface area (Å²) in [6.45, 7) is 10.4. The molecule has 1 atom stereocenters. The molecule has 0 saturated carbocycles. The maximum Gasteiger partial charge on any atom is 0.408 e. The first kappa shape index (κ1) is 20.8. The Hall–Kier alpha value is -2.25. The minimum Gasteiger partial charge on any atom is -0.458 e. The van der Waals surface area contributed by atoms with Crippen LogP contribution in [0.4, 0.5) is 4.79 Å². The van der Waals surface area contributed by atoms with Crippen LogP contribution in [0.3, 0.4) is 0 Å². The van der Waals surface area contributed by atoms with Crippen molar-refractivity contribution in [2.24, 2.45) is 7.05 Å². The zero-order chi connectivity index (χ0) is 19.4. The molecule has 0 saturated heterocycles. The molecule has 142 valence electrons. The van der Waals surface area contributed by atoms with Gasteiger partial charge in [-0.1, -0.05) is 0 Å². The van der Waals surface area contributed by atoms with E-state index in [2.05, 4.69) is 10.4 Å². The molecule has 25 heavy (non-hydrogen) atoms. The third kappa shape index (κ3) is 7.91. The number of aromatic nitrogens is 2. The van der Waals surface area contributed by atoms with Crippen LogP contribution in [0.2, 0.25) is 0 Å². The normalized spacial score (nSPS) is 13.2. The van der Waals surface area contributed by atoms with Crippen molar-refractivity contribution in [3.63, 3.8) is 0 Å². The zero-order valence-corrected chi connectivity index (χ0v) is 16.1. The number of nitrogens with one attached hydrogen (secondary N) is 2. The molecule has 0 spiro atoms. The fourth-order valence-electron chi connectivity index (χ4n) is 2.11. The summed E-state index contributed by atoms with van der Waals surface area (Å²) in [5.41, 5.74) is -1.06. The highest BCUT2D eigenvalue weighted by molar-refractivity contribution is 5.81. The van der Waals surface area contributed by atoms with Gasteiger partial charge in [-0.05, 0) is 54.4 Å². The van der Waals surface area contributed by atoms with Gasteiger partial charge in [-0.25, -0.2) is 9.59 Å². The summed E-state index contributed by atoms with van der Waals surface area (Å²) in [6, 6.07) is -0.909. The van der Waals surface area contributed by atoms with Gasteiger partial charge in [-0.2, -0.15) is 0 Å². The molecule has 1 aromatic rings. The van der Waals surface area contributed by atoms with Crippen molar-refractivity contribution in [3.8, 4) is 0 Å². The SMILES string of the molecule is Cn1cc(CCC(NC(=O)OC(C)(C)C)C(=O)OC(C)(C)C)c(=O)[nH]1. The van der Waals surface area contributed by atoms with Crippen LogP contribution in [0.15, 0.2) is 11.0 Å². The molecule has 1 aromatic heterocycles. The van der Waals surface area contributed by atoms with E-state index in [1.54, 1.807) is 59.5 Å². The number of amides is 1. The molecule has 0 fully saturated rings. The molecular formula is C17H29N3O5. The number of ether oxygens (including phenoxy) is 2. The van der Waals surface area contributed by atoms with Crippen LogP contribution in [0.25, 0.3) is 0 Å². The van der Waals surface area contributed by atoms with Crippen LogP contribution < -0.4 is 10.9 Å². The predicted molar refractivity (Wildman–Crippen MR) is 93.4 cm³/mol. The highest BCUT2D eigenvalue weighted by Crippen LogP contribution is 2.13. The first-order chi connectivity index (χ1) is 11.3. The number of H-pyrrole nitrogens is 1. The largest absolute Gasteiger partial charge is 0.458 e. The number of carbonyl (C=O) groups excluding carboxylic acids is 2. The molecule has 0 aliphatic heterocycles. The third-order valence-corrected chi connectivity index (χ3v) is 3.00. The summed E-state index contributed by atoms with van der Waals surface area (Å²) in [4.78, 5) is 36.2. The summed E-state index contributed by atoms with van der Waals surface area (Å²) in [6.07, 6.45) is 1.49. The van der Waals surface area contributed by atoms with Gasteiger partial charge in [-0.15, -0.1) is 0 Å². The van der Waals surface area contributed by atoms with Gasteiger partial charge in [0.1, 0.15) is 17.2 Å². The lowest BCUT2D eigenvalue weighted by molar-refractivity contribution is -0.157. The lowest BCUT2D eigenvalue weighted by Gasteiger charge is -2.26. The average Bonchev–Trinajstić information content (AvgIpc) is 2.68. The molecule has 8 nitrogen and oxygen atoms in total. The summed E-state index contributed by atoms with van der Waals surface area (Å²) < 4.78 is 12.1. The van der Waals surface area contributed by atoms with E-state index in [-0.39, 0.29) is 12.0 Å². The highest BCUT2D eigenvalue weighted by Gasteiger charge is 2.28. The van der Waals surface area contributed by atoms with E-state index < -0.39 is 29.3 Å². The van der Waals surface area contributed by atoms with E-state index in [9.17, 15) is 14.4 Å². The standard InChI is InChI=1S/C17H29N3O5/c1-16(2,3)24-14(22)12(18-15(23)25-17(4,5)6)9-8-11-10-20(7)19-13(11)21/h10,12H,8-9H2,1-7H3,(H,18,23)(H,19,21). The Bertz CT molecular complexity index is 661. The number of carbonyl (C=O) groups is 2. The van der Waals surface area contributed by atoms with Crippen LogP contribution in [-0.2, 0) is 27.7 Å². The number of esters is 1. The Morgan fingerprint density at radius 2 is 1.72 bits per heavy atom. The van der Waals surface area contributed by atoms with Crippen molar-refractivity contribution in [2.45, 2.75) is 71.6 Å². The van der Waals surface area contributed by atoms with Gasteiger partial charge in [0.05, 0.1) is 0 Å². The van der Waals surface area contributed by atoms with E-state index in [0.29, 0.717) is 12.0 Å². The Morgan fingerprint density at radius 1 is 1.16 bits per heavy atom. The summed E-state index contributed by atoms with van der Waals surface area (Å²) in [7, 11) is 1.70. The minimum absolute atomic E-state index is 0.220. The molecule has 1 unspecified atom stereocenters. The Balaban J connectivity index is 2.83. The summed E-state index contributed by atoms with van der Waals surface area (Å²) >= 11 is 0. The van der Waals surface area contributed by atoms with Crippen molar-refractivity contribution >= 4 is 12.1 Å². The second-order valence-electron chi connectivity index (χ2n) is 7.98. The Kier molecular flexibility index (Phi) is 6.45. The number of rotatable bonds is 5. The first-order valence-electron chi connectivity index (χ1n) is 8.24. The van der Waals surface area contributed by atoms with E-state index in [0.717, 1.165) is 0 Å². The number of hydrogen-bond acceptors (Lipinski definition) is 5. The van der Waals surface area contributed by atoms with Crippen molar-refractivity contribution in [1.82, 2.24) is 15.1 Å². The maximum atomic E-state index is 12.4. The van der Waals surface area contributed by atoms with E-state index in [1.807, 2.05) is 0 Å². The molecule has 1 amide bonds. The predicted octanol–water partition coefficient (Wildman–Crippen LogP) is 1.88. The lowest BCUT2D eigenvalue weighted by atomic mass is 10.1. The average molecular weight is 355 g/mol. The van der Waals surface area contributed by atoms with Gasteiger partial charge < -0.3 is 14.8 Å². The molecule has 8 heteroatoms. The maximum absolute atomic E-state index is 12.4. The van der Waals surface area contributed by atoms with Crippen molar-refractivity contribution in [2.75, 3.05) is 0 Å². The number of hydrogen-bond donors (Lipinski definition) is 2. The number of aromatic amines is 1. The van der Waals surface area contributed by atoms with Crippen LogP contribution >= 0.6 is 0 Å². The summed E-state index contributed by atoms with van der Waals surface area (Å²) in [5, 5.41) is 5.14. The highest BCUT2D eigenvalue weighted by atomic mass is 16.6. The second-order valence-corrected chi connectivity index (χ2v) is 7.98. The number of nitrogens with zero attached hydrogens (tertiary/aromatic N) is 1. The Morgan fingerprint density at radius 3 is 2.16 bits per heavy atom. The fraction of sp³-hybridized carbons (Fsp3) is 0.706. The molecule has 0 aromatic carbocycles.